The van der Waals surface area contributed by atoms with Crippen molar-refractivity contribution in [3.05, 3.63) is 28.2 Å². The molecule has 1 amide bonds. The highest BCUT2D eigenvalue weighted by Crippen LogP contribution is 2.28. The van der Waals surface area contributed by atoms with Gasteiger partial charge in [-0.2, -0.15) is 0 Å². The Hall–Kier alpha value is -0.550. The Morgan fingerprint density at radius 1 is 1.37 bits per heavy atom. The molecule has 1 aliphatic rings. The average molecular weight is 391 g/mol. The predicted molar refractivity (Wildman–Crippen MR) is 82.9 cm³/mol. The number of alkyl halides is 1. The van der Waals surface area contributed by atoms with E-state index in [1.807, 2.05) is 4.90 Å². The van der Waals surface area contributed by atoms with E-state index >= 15 is 0 Å². The highest BCUT2D eigenvalue weighted by molar-refractivity contribution is 9.10. The van der Waals surface area contributed by atoms with Crippen LogP contribution in [-0.2, 0) is 0 Å². The molecule has 0 heterocycles. The summed E-state index contributed by atoms with van der Waals surface area (Å²) in [4.78, 5) is 14.5. The highest BCUT2D eigenvalue weighted by Gasteiger charge is 2.28. The maximum absolute atomic E-state index is 12.6. The normalized spacial score (nSPS) is 15.7. The van der Waals surface area contributed by atoms with E-state index in [1.165, 1.54) is 12.8 Å². The minimum atomic E-state index is -0.0786. The van der Waals surface area contributed by atoms with Crippen LogP contribution in [-0.4, -0.2) is 33.8 Å². The Balaban J connectivity index is 2.25. The van der Waals surface area contributed by atoms with E-state index in [0.29, 0.717) is 18.2 Å². The molecule has 0 atom stereocenters. The van der Waals surface area contributed by atoms with E-state index < -0.39 is 0 Å². The van der Waals surface area contributed by atoms with Crippen molar-refractivity contribution in [1.82, 2.24) is 4.90 Å². The first-order chi connectivity index (χ1) is 9.13. The van der Waals surface area contributed by atoms with Gasteiger partial charge in [0.2, 0.25) is 0 Å². The molecule has 1 aromatic carbocycles. The maximum Gasteiger partial charge on any atom is 0.257 e. The summed E-state index contributed by atoms with van der Waals surface area (Å²) in [6, 6.07) is 5.28. The van der Waals surface area contributed by atoms with E-state index in [2.05, 4.69) is 31.9 Å². The van der Waals surface area contributed by atoms with Gasteiger partial charge in [-0.05, 0) is 31.0 Å². The zero-order chi connectivity index (χ0) is 13.8. The topological polar surface area (TPSA) is 40.5 Å². The number of phenols is 1. The quantitative estimate of drug-likeness (QED) is 0.791. The van der Waals surface area contributed by atoms with Gasteiger partial charge < -0.3 is 10.0 Å². The molecule has 104 valence electrons. The van der Waals surface area contributed by atoms with Gasteiger partial charge in [0.25, 0.3) is 5.91 Å². The maximum atomic E-state index is 12.6. The highest BCUT2D eigenvalue weighted by atomic mass is 79.9. The van der Waals surface area contributed by atoms with Gasteiger partial charge in [-0.3, -0.25) is 4.79 Å². The van der Waals surface area contributed by atoms with Crippen LogP contribution in [0.4, 0.5) is 0 Å². The van der Waals surface area contributed by atoms with Crippen molar-refractivity contribution in [1.29, 1.82) is 0 Å². The Kier molecular flexibility index (Phi) is 5.28. The summed E-state index contributed by atoms with van der Waals surface area (Å²) in [7, 11) is 0. The van der Waals surface area contributed by atoms with Crippen LogP contribution in [0.1, 0.15) is 36.0 Å². The molecule has 1 aromatic rings. The van der Waals surface area contributed by atoms with Crippen LogP contribution in [0.3, 0.4) is 0 Å². The van der Waals surface area contributed by atoms with Gasteiger partial charge in [0, 0.05) is 22.4 Å². The first kappa shape index (κ1) is 14.9. The van der Waals surface area contributed by atoms with Gasteiger partial charge in [0.05, 0.1) is 5.56 Å². The summed E-state index contributed by atoms with van der Waals surface area (Å²) in [6.07, 6.45) is 4.49. The van der Waals surface area contributed by atoms with Crippen LogP contribution in [0, 0.1) is 0 Å². The summed E-state index contributed by atoms with van der Waals surface area (Å²) >= 11 is 6.75. The molecule has 3 nitrogen and oxygen atoms in total. The number of aromatic hydroxyl groups is 1. The van der Waals surface area contributed by atoms with Crippen LogP contribution in [0.5, 0.6) is 5.75 Å². The summed E-state index contributed by atoms with van der Waals surface area (Å²) in [5.74, 6) is -0.0316. The second-order valence-electron chi connectivity index (χ2n) is 4.79. The lowest BCUT2D eigenvalue weighted by molar-refractivity contribution is 0.0693. The molecular weight excluding hydrogens is 374 g/mol. The number of amides is 1. The number of hydrogen-bond donors (Lipinski definition) is 1. The number of carbonyl (C=O) groups is 1. The number of halogens is 2. The van der Waals surface area contributed by atoms with Crippen LogP contribution in [0.15, 0.2) is 22.7 Å². The predicted octanol–water partition coefficient (Wildman–Crippen LogP) is 3.93. The lowest BCUT2D eigenvalue weighted by Crippen LogP contribution is -2.40. The fourth-order valence-electron chi connectivity index (χ4n) is 2.59. The second kappa shape index (κ2) is 6.75. The fraction of sp³-hybridized carbons (Fsp3) is 0.500. The summed E-state index contributed by atoms with van der Waals surface area (Å²) in [5, 5.41) is 10.6. The van der Waals surface area contributed by atoms with Gasteiger partial charge in [-0.25, -0.2) is 0 Å². The molecular formula is C14H17Br2NO2. The smallest absolute Gasteiger partial charge is 0.257 e. The van der Waals surface area contributed by atoms with Gasteiger partial charge >= 0.3 is 0 Å². The average Bonchev–Trinajstić information content (AvgIpc) is 2.92. The van der Waals surface area contributed by atoms with E-state index in [-0.39, 0.29) is 11.7 Å². The largest absolute Gasteiger partial charge is 0.507 e. The number of phenolic OH excluding ortho intramolecular Hbond substituents is 1. The zero-order valence-electron chi connectivity index (χ0n) is 10.6. The summed E-state index contributed by atoms with van der Waals surface area (Å²) in [5.41, 5.74) is 0.377. The fourth-order valence-corrected chi connectivity index (χ4v) is 3.33. The van der Waals surface area contributed by atoms with Crippen molar-refractivity contribution in [2.24, 2.45) is 0 Å². The first-order valence-corrected chi connectivity index (χ1v) is 8.40. The Morgan fingerprint density at radius 2 is 2.05 bits per heavy atom. The molecule has 2 rings (SSSR count). The van der Waals surface area contributed by atoms with Gasteiger partial charge in [-0.15, -0.1) is 0 Å². The standard InChI is InChI=1S/C14H17Br2NO2/c15-7-8-17(11-3-1-2-4-11)14(19)12-9-10(16)5-6-13(12)18/h5-6,9,11,18H,1-4,7-8H2. The van der Waals surface area contributed by atoms with E-state index in [0.717, 1.165) is 22.6 Å². The Labute approximate surface area is 130 Å². The van der Waals surface area contributed by atoms with Crippen molar-refractivity contribution >= 4 is 37.8 Å². The minimum absolute atomic E-state index is 0.0470. The Morgan fingerprint density at radius 3 is 2.68 bits per heavy atom. The van der Waals surface area contributed by atoms with Crippen molar-refractivity contribution in [3.8, 4) is 5.75 Å². The molecule has 1 fully saturated rings. The number of nitrogens with zero attached hydrogens (tertiary/aromatic N) is 1. The lowest BCUT2D eigenvalue weighted by Gasteiger charge is -2.28. The third-order valence-corrected chi connectivity index (χ3v) is 4.39. The van der Waals surface area contributed by atoms with Crippen LogP contribution < -0.4 is 0 Å². The molecule has 5 heteroatoms. The number of benzene rings is 1. The summed E-state index contributed by atoms with van der Waals surface area (Å²) < 4.78 is 0.805. The number of rotatable bonds is 4. The molecule has 0 bridgehead atoms. The van der Waals surface area contributed by atoms with Crippen molar-refractivity contribution < 1.29 is 9.90 Å². The van der Waals surface area contributed by atoms with Crippen LogP contribution >= 0.6 is 31.9 Å². The monoisotopic (exact) mass is 389 g/mol. The molecule has 0 aromatic heterocycles. The number of hydrogen-bond acceptors (Lipinski definition) is 2. The molecule has 0 unspecified atom stereocenters. The van der Waals surface area contributed by atoms with E-state index in [1.54, 1.807) is 18.2 Å². The van der Waals surface area contributed by atoms with Gasteiger partial charge in [-0.1, -0.05) is 44.7 Å². The summed E-state index contributed by atoms with van der Waals surface area (Å²) in [6.45, 7) is 0.676. The SMILES string of the molecule is O=C(c1cc(Br)ccc1O)N(CCBr)C1CCCC1. The minimum Gasteiger partial charge on any atom is -0.507 e. The molecule has 0 aliphatic heterocycles. The van der Waals surface area contributed by atoms with Gasteiger partial charge in [0.15, 0.2) is 0 Å². The molecule has 19 heavy (non-hydrogen) atoms. The van der Waals surface area contributed by atoms with E-state index in [9.17, 15) is 9.90 Å². The van der Waals surface area contributed by atoms with Crippen LogP contribution in [0.2, 0.25) is 0 Å². The molecule has 1 N–H and O–H groups in total. The molecule has 0 radical (unpaired) electrons. The third kappa shape index (κ3) is 3.51. The Bertz CT molecular complexity index is 459. The van der Waals surface area contributed by atoms with Crippen molar-refractivity contribution in [2.45, 2.75) is 31.7 Å². The van der Waals surface area contributed by atoms with E-state index in [4.69, 9.17) is 0 Å². The third-order valence-electron chi connectivity index (χ3n) is 3.54. The first-order valence-electron chi connectivity index (χ1n) is 6.49. The van der Waals surface area contributed by atoms with Crippen molar-refractivity contribution in [3.63, 3.8) is 0 Å². The lowest BCUT2D eigenvalue weighted by atomic mass is 10.1. The molecule has 1 aliphatic carbocycles. The zero-order valence-corrected chi connectivity index (χ0v) is 13.8. The molecule has 0 saturated heterocycles. The second-order valence-corrected chi connectivity index (χ2v) is 6.50. The van der Waals surface area contributed by atoms with Crippen LogP contribution in [0.25, 0.3) is 0 Å². The number of carbonyl (C=O) groups excluding carboxylic acids is 1. The molecule has 1 saturated carbocycles. The van der Waals surface area contributed by atoms with Gasteiger partial charge in [0.1, 0.15) is 5.75 Å². The molecule has 0 spiro atoms. The van der Waals surface area contributed by atoms with Crippen molar-refractivity contribution in [2.75, 3.05) is 11.9 Å².